The summed E-state index contributed by atoms with van der Waals surface area (Å²) in [6.07, 6.45) is 3.59. The van der Waals surface area contributed by atoms with Gasteiger partial charge in [0.1, 0.15) is 35.6 Å². The van der Waals surface area contributed by atoms with Gasteiger partial charge in [0.2, 0.25) is 13.6 Å². The molecular weight excluding hydrogens is 719 g/mol. The molecule has 0 radical (unpaired) electrons. The number of carbonyl (C=O) groups is 2. The van der Waals surface area contributed by atoms with E-state index >= 15 is 0 Å². The van der Waals surface area contributed by atoms with Gasteiger partial charge in [-0.05, 0) is 44.6 Å². The van der Waals surface area contributed by atoms with E-state index in [1.807, 2.05) is 0 Å². The maximum atomic E-state index is 13.6. The first-order chi connectivity index (χ1) is 23.9. The first-order valence-electron chi connectivity index (χ1n) is 16.7. The van der Waals surface area contributed by atoms with Crippen molar-refractivity contribution in [3.63, 3.8) is 0 Å². The van der Waals surface area contributed by atoms with E-state index in [2.05, 4.69) is 16.4 Å². The lowest BCUT2D eigenvalue weighted by atomic mass is 9.86. The van der Waals surface area contributed by atoms with Crippen LogP contribution in [0.4, 0.5) is 5.69 Å². The van der Waals surface area contributed by atoms with Crippen LogP contribution in [0.2, 0.25) is 5.15 Å². The van der Waals surface area contributed by atoms with Crippen molar-refractivity contribution in [1.82, 2.24) is 9.55 Å². The Bertz CT molecular complexity index is 1750. The van der Waals surface area contributed by atoms with Crippen LogP contribution >= 0.6 is 19.2 Å². The zero-order valence-electron chi connectivity index (χ0n) is 27.1. The van der Waals surface area contributed by atoms with Crippen molar-refractivity contribution in [1.29, 1.82) is 5.26 Å². The monoisotopic (exact) mass is 758 g/mol. The smallest absolute Gasteiger partial charge is 0.351 e. The molecule has 0 aromatic carbocycles. The fourth-order valence-corrected chi connectivity index (χ4v) is 10.9. The minimum atomic E-state index is -4.62. The van der Waals surface area contributed by atoms with Crippen LogP contribution in [0.25, 0.3) is 11.0 Å². The third-order valence-electron chi connectivity index (χ3n) is 9.79. The summed E-state index contributed by atoms with van der Waals surface area (Å²) in [5, 5.41) is 35.6. The molecule has 0 amide bonds. The van der Waals surface area contributed by atoms with Crippen molar-refractivity contribution in [2.24, 2.45) is 11.8 Å². The predicted octanol–water partition coefficient (Wildman–Crippen LogP) is 3.74. The molecule has 274 valence electrons. The number of ether oxygens (including phenoxy) is 3. The lowest BCUT2D eigenvalue weighted by Gasteiger charge is -2.25. The number of nitrogens with one attached hydrogen (secondary N) is 1. The van der Waals surface area contributed by atoms with Crippen molar-refractivity contribution in [3.8, 4) is 6.07 Å². The first kappa shape index (κ1) is 37.0. The number of hydrogen-bond donors (Lipinski definition) is 3. The van der Waals surface area contributed by atoms with Gasteiger partial charge in [0.25, 0.3) is 0 Å². The fourth-order valence-electron chi connectivity index (χ4n) is 6.48. The lowest BCUT2D eigenvalue weighted by Crippen LogP contribution is -2.36. The second-order valence-corrected chi connectivity index (χ2v) is 18.2. The topological polar surface area (TPSA) is 226 Å². The molecule has 4 fully saturated rings. The van der Waals surface area contributed by atoms with E-state index in [-0.39, 0.29) is 34.2 Å². The largest absolute Gasteiger partial charge is 0.438 e. The number of esters is 2. The third kappa shape index (κ3) is 8.13. The minimum Gasteiger partial charge on any atom is -0.438 e. The molecule has 4 aliphatic rings. The van der Waals surface area contributed by atoms with Crippen molar-refractivity contribution < 1.29 is 56.0 Å². The van der Waals surface area contributed by atoms with Crippen LogP contribution in [0.5, 0.6) is 0 Å². The molecule has 4 atom stereocenters. The van der Waals surface area contributed by atoms with E-state index in [1.54, 1.807) is 6.07 Å². The van der Waals surface area contributed by atoms with Crippen LogP contribution in [0.1, 0.15) is 76.0 Å². The second-order valence-electron chi connectivity index (χ2n) is 13.2. The van der Waals surface area contributed by atoms with Gasteiger partial charge >= 0.3 is 19.5 Å². The number of nitriles is 1. The maximum absolute atomic E-state index is 13.6. The van der Waals surface area contributed by atoms with E-state index in [4.69, 9.17) is 34.9 Å². The number of anilines is 1. The summed E-state index contributed by atoms with van der Waals surface area (Å²) in [7, 11) is -9.07. The van der Waals surface area contributed by atoms with Crippen LogP contribution in [0, 0.1) is 23.2 Å². The number of halogens is 1. The highest BCUT2D eigenvalue weighted by Crippen LogP contribution is 2.50. The molecule has 0 bridgehead atoms. The Morgan fingerprint density at radius 3 is 2.16 bits per heavy atom. The number of fused-ring (bicyclic) bond motifs is 1. The van der Waals surface area contributed by atoms with Gasteiger partial charge in [0.05, 0.1) is 23.3 Å². The zero-order valence-corrected chi connectivity index (χ0v) is 29.6. The number of sulfone groups is 1. The van der Waals surface area contributed by atoms with Gasteiger partial charge in [0, 0.05) is 17.6 Å². The summed E-state index contributed by atoms with van der Waals surface area (Å²) in [5.74, 6) is -2.72. The summed E-state index contributed by atoms with van der Waals surface area (Å²) < 4.78 is 68.1. The molecule has 50 heavy (non-hydrogen) atoms. The van der Waals surface area contributed by atoms with Crippen molar-refractivity contribution in [2.45, 2.75) is 94.8 Å². The van der Waals surface area contributed by atoms with Crippen molar-refractivity contribution in [2.75, 3.05) is 30.1 Å². The van der Waals surface area contributed by atoms with Gasteiger partial charge < -0.3 is 34.3 Å². The Kier molecular flexibility index (Phi) is 11.4. The van der Waals surface area contributed by atoms with Crippen LogP contribution in [-0.4, -0.2) is 89.3 Å². The lowest BCUT2D eigenvalue weighted by molar-refractivity contribution is -0.160. The van der Waals surface area contributed by atoms with Gasteiger partial charge in [-0.15, -0.1) is 0 Å². The molecule has 1 aliphatic heterocycles. The maximum Gasteiger partial charge on any atom is 0.351 e. The number of aromatic nitrogens is 2. The second kappa shape index (κ2) is 15.4. The third-order valence-corrected chi connectivity index (χ3v) is 14.7. The Morgan fingerprint density at radius 1 is 1.02 bits per heavy atom. The summed E-state index contributed by atoms with van der Waals surface area (Å²) in [4.78, 5) is 28.6. The van der Waals surface area contributed by atoms with Gasteiger partial charge in [-0.25, -0.2) is 13.4 Å². The van der Waals surface area contributed by atoms with Gasteiger partial charge in [-0.1, -0.05) is 37.3 Å². The number of hydrogen-bond acceptors (Lipinski definition) is 15. The summed E-state index contributed by atoms with van der Waals surface area (Å²) in [5.41, 5.74) is -0.363. The highest BCUT2D eigenvalue weighted by molar-refractivity contribution is 7.97. The normalized spacial score (nSPS) is 24.8. The quantitative estimate of drug-likeness (QED) is 0.102. The van der Waals surface area contributed by atoms with Gasteiger partial charge in [-0.3, -0.25) is 23.2 Å². The first-order valence-corrected chi connectivity index (χ1v) is 20.6. The van der Waals surface area contributed by atoms with Crippen LogP contribution in [-0.2, 0) is 47.2 Å². The average Bonchev–Trinajstić information content (AvgIpc) is 3.72. The Balaban J connectivity index is 1.15. The standard InChI is InChI=1S/C31H40ClN4O12PS/c32-27-22(13-33)24(34-20-9-1-2-10-20)21-11-12-36(28(21)35-27)29-26(38)25(37)23(48-29)14-50(42,43)17-49(41,46-15-44-30(39)18-5-3-6-18)47-16-45-31(40)19-7-4-8-19/h11-12,18-20,23,25-26,29,37-38H,1-10,14-17H2,(H,34,35)/t23-,25-,26-,29-/m1/s1. The Hall–Kier alpha value is -2.81. The fraction of sp³-hybridized carbons (Fsp3) is 0.677. The SMILES string of the molecule is N#Cc1c(Cl)nc2c(ccn2[C@@H]2O[C@H](CS(=O)(=O)CP(=O)(OCOC(=O)C3CCC3)OCOC(=O)C3CCC3)[C@@H](O)[C@H]2O)c1NC1CCCC1. The summed E-state index contributed by atoms with van der Waals surface area (Å²) in [6.45, 7) is -1.72. The van der Waals surface area contributed by atoms with Gasteiger partial charge in [0.15, 0.2) is 26.7 Å². The zero-order chi connectivity index (χ0) is 35.6. The Labute approximate surface area is 293 Å². The van der Waals surface area contributed by atoms with Crippen molar-refractivity contribution in [3.05, 3.63) is 23.0 Å². The number of pyridine rings is 1. The van der Waals surface area contributed by atoms with Crippen molar-refractivity contribution >= 4 is 57.7 Å². The molecule has 0 unspecified atom stereocenters. The number of rotatable bonds is 15. The predicted molar refractivity (Wildman–Crippen MR) is 176 cm³/mol. The molecule has 1 saturated heterocycles. The van der Waals surface area contributed by atoms with E-state index in [1.165, 1.54) is 10.8 Å². The van der Waals surface area contributed by atoms with E-state index in [0.29, 0.717) is 36.8 Å². The molecule has 3 N–H and O–H groups in total. The number of nitrogens with zero attached hydrogens (tertiary/aromatic N) is 3. The number of carbonyl (C=O) groups excluding carboxylic acids is 2. The molecule has 2 aromatic heterocycles. The number of aliphatic hydroxyl groups is 2. The van der Waals surface area contributed by atoms with E-state index < -0.39 is 78.7 Å². The summed E-state index contributed by atoms with van der Waals surface area (Å²) >= 11 is 6.41. The molecule has 16 nitrogen and oxygen atoms in total. The molecule has 0 spiro atoms. The summed E-state index contributed by atoms with van der Waals surface area (Å²) in [6, 6.07) is 3.87. The molecular formula is C31H40ClN4O12PS. The van der Waals surface area contributed by atoms with E-state index in [9.17, 15) is 38.0 Å². The average molecular weight is 759 g/mol. The van der Waals surface area contributed by atoms with Crippen LogP contribution in [0.3, 0.4) is 0 Å². The minimum absolute atomic E-state index is 0.0832. The number of aliphatic hydroxyl groups excluding tert-OH is 2. The molecule has 3 heterocycles. The van der Waals surface area contributed by atoms with Crippen LogP contribution in [0.15, 0.2) is 12.3 Å². The van der Waals surface area contributed by atoms with E-state index in [0.717, 1.165) is 38.5 Å². The molecule has 2 aromatic rings. The van der Waals surface area contributed by atoms with Gasteiger partial charge in [-0.2, -0.15) is 5.26 Å². The van der Waals surface area contributed by atoms with Crippen LogP contribution < -0.4 is 5.32 Å². The highest BCUT2D eigenvalue weighted by atomic mass is 35.5. The highest BCUT2D eigenvalue weighted by Gasteiger charge is 2.47. The molecule has 3 saturated carbocycles. The molecule has 6 rings (SSSR count). The molecule has 19 heteroatoms. The Morgan fingerprint density at radius 2 is 1.62 bits per heavy atom. The molecule has 3 aliphatic carbocycles.